The van der Waals surface area contributed by atoms with Crippen molar-refractivity contribution in [3.63, 3.8) is 0 Å². The highest BCUT2D eigenvalue weighted by atomic mass is 16.6. The van der Waals surface area contributed by atoms with Crippen LogP contribution in [0, 0.1) is 0 Å². The Morgan fingerprint density at radius 3 is 2.23 bits per heavy atom. The minimum Gasteiger partial charge on any atom is -0.467 e. The van der Waals surface area contributed by atoms with Crippen molar-refractivity contribution >= 4 is 23.9 Å². The van der Waals surface area contributed by atoms with Crippen LogP contribution in [0.2, 0.25) is 0 Å². The highest BCUT2D eigenvalue weighted by Gasteiger charge is 2.50. The summed E-state index contributed by atoms with van der Waals surface area (Å²) in [5.41, 5.74) is 0. The second-order valence-electron chi connectivity index (χ2n) is 4.03. The number of Topliss-reactive ketones (excluding diaryl/α,β-unsaturated/α-hetero) is 1. The van der Waals surface area contributed by atoms with Crippen molar-refractivity contribution in [1.29, 1.82) is 0 Å². The van der Waals surface area contributed by atoms with E-state index in [1.54, 1.807) is 0 Å². The van der Waals surface area contributed by atoms with Gasteiger partial charge in [-0.2, -0.15) is 5.01 Å². The molecule has 9 nitrogen and oxygen atoms in total. The summed E-state index contributed by atoms with van der Waals surface area (Å²) < 4.78 is 14.0. The molecule has 1 heterocycles. The normalized spacial score (nSPS) is 17.0. The minimum atomic E-state index is -1.60. The zero-order valence-electron chi connectivity index (χ0n) is 12.0. The fourth-order valence-corrected chi connectivity index (χ4v) is 1.69. The third-order valence-electron chi connectivity index (χ3n) is 2.59. The SMILES string of the molecule is C=CCOC(=O)N1CC(=O)C(C(=O)OC)N1C(=O)OCC=C. The van der Waals surface area contributed by atoms with Crippen LogP contribution in [0.3, 0.4) is 0 Å². The highest BCUT2D eigenvalue weighted by Crippen LogP contribution is 2.19. The van der Waals surface area contributed by atoms with Gasteiger partial charge in [-0.25, -0.2) is 19.4 Å². The number of hydrogen-bond donors (Lipinski definition) is 0. The number of hydrogen-bond acceptors (Lipinski definition) is 7. The summed E-state index contributed by atoms with van der Waals surface area (Å²) >= 11 is 0. The second-order valence-corrected chi connectivity index (χ2v) is 4.03. The van der Waals surface area contributed by atoms with E-state index < -0.39 is 36.5 Å². The number of nitrogens with zero attached hydrogens (tertiary/aromatic N) is 2. The molecular formula is C13H16N2O7. The summed E-state index contributed by atoms with van der Waals surface area (Å²) in [4.78, 5) is 47.5. The number of rotatable bonds is 5. The van der Waals surface area contributed by atoms with Crippen molar-refractivity contribution in [3.05, 3.63) is 25.3 Å². The smallest absolute Gasteiger partial charge is 0.430 e. The molecule has 0 aromatic heterocycles. The van der Waals surface area contributed by atoms with Crippen LogP contribution >= 0.6 is 0 Å². The van der Waals surface area contributed by atoms with Crippen LogP contribution in [-0.2, 0) is 23.8 Å². The first kappa shape index (κ1) is 17.2. The number of amides is 2. The Hall–Kier alpha value is -2.84. The van der Waals surface area contributed by atoms with Gasteiger partial charge in [0.15, 0.2) is 5.78 Å². The molecule has 0 N–H and O–H groups in total. The van der Waals surface area contributed by atoms with Gasteiger partial charge < -0.3 is 14.2 Å². The average molecular weight is 312 g/mol. The Labute approximate surface area is 126 Å². The van der Waals surface area contributed by atoms with E-state index in [1.165, 1.54) is 12.2 Å². The molecule has 120 valence electrons. The predicted molar refractivity (Wildman–Crippen MR) is 72.4 cm³/mol. The molecule has 1 aliphatic heterocycles. The van der Waals surface area contributed by atoms with Crippen LogP contribution in [0.25, 0.3) is 0 Å². The molecule has 1 rings (SSSR count). The summed E-state index contributed by atoms with van der Waals surface area (Å²) in [7, 11) is 1.06. The van der Waals surface area contributed by atoms with Gasteiger partial charge >= 0.3 is 18.2 Å². The van der Waals surface area contributed by atoms with Crippen molar-refractivity contribution in [2.75, 3.05) is 26.9 Å². The summed E-state index contributed by atoms with van der Waals surface area (Å²) in [6, 6.07) is -1.60. The van der Waals surface area contributed by atoms with Crippen LogP contribution in [0.15, 0.2) is 25.3 Å². The van der Waals surface area contributed by atoms with Crippen LogP contribution in [0.5, 0.6) is 0 Å². The summed E-state index contributed by atoms with van der Waals surface area (Å²) in [6.45, 7) is 5.94. The lowest BCUT2D eigenvalue weighted by Crippen LogP contribution is -2.51. The van der Waals surface area contributed by atoms with Crippen molar-refractivity contribution < 1.29 is 33.4 Å². The first-order chi connectivity index (χ1) is 10.5. The Morgan fingerprint density at radius 2 is 1.73 bits per heavy atom. The van der Waals surface area contributed by atoms with E-state index in [4.69, 9.17) is 9.47 Å². The minimum absolute atomic E-state index is 0.123. The van der Waals surface area contributed by atoms with Gasteiger partial charge in [0.2, 0.25) is 6.04 Å². The molecule has 0 aromatic rings. The van der Waals surface area contributed by atoms with Gasteiger partial charge in [0.25, 0.3) is 0 Å². The lowest BCUT2D eigenvalue weighted by Gasteiger charge is -2.27. The molecule has 1 atom stereocenters. The lowest BCUT2D eigenvalue weighted by atomic mass is 10.2. The molecule has 0 aliphatic carbocycles. The van der Waals surface area contributed by atoms with Gasteiger partial charge in [-0.3, -0.25) is 4.79 Å². The topological polar surface area (TPSA) is 102 Å². The number of carbonyl (C=O) groups is 4. The first-order valence-corrected chi connectivity index (χ1v) is 6.20. The van der Waals surface area contributed by atoms with E-state index >= 15 is 0 Å². The van der Waals surface area contributed by atoms with Crippen molar-refractivity contribution in [2.45, 2.75) is 6.04 Å². The Bertz CT molecular complexity index is 503. The molecule has 0 radical (unpaired) electrons. The molecule has 0 spiro atoms. The number of esters is 1. The fourth-order valence-electron chi connectivity index (χ4n) is 1.69. The van der Waals surface area contributed by atoms with E-state index in [9.17, 15) is 19.2 Å². The largest absolute Gasteiger partial charge is 0.467 e. The third-order valence-corrected chi connectivity index (χ3v) is 2.59. The number of methoxy groups -OCH3 is 1. The molecule has 0 saturated carbocycles. The Kier molecular flexibility index (Phi) is 6.11. The van der Waals surface area contributed by atoms with Gasteiger partial charge in [-0.15, -0.1) is 0 Å². The molecule has 2 amide bonds. The highest BCUT2D eigenvalue weighted by molar-refractivity contribution is 6.09. The quantitative estimate of drug-likeness (QED) is 0.311. The van der Waals surface area contributed by atoms with Gasteiger partial charge in [-0.1, -0.05) is 25.3 Å². The molecule has 1 aliphatic rings. The van der Waals surface area contributed by atoms with E-state index in [1.807, 2.05) is 0 Å². The van der Waals surface area contributed by atoms with Crippen molar-refractivity contribution in [2.24, 2.45) is 0 Å². The molecule has 1 unspecified atom stereocenters. The van der Waals surface area contributed by atoms with Gasteiger partial charge in [0, 0.05) is 0 Å². The zero-order valence-corrected chi connectivity index (χ0v) is 12.0. The first-order valence-electron chi connectivity index (χ1n) is 6.20. The molecule has 0 bridgehead atoms. The predicted octanol–water partition coefficient (Wildman–Crippen LogP) is 0.275. The van der Waals surface area contributed by atoms with Gasteiger partial charge in [0.1, 0.15) is 19.8 Å². The average Bonchev–Trinajstić information content (AvgIpc) is 2.86. The van der Waals surface area contributed by atoms with Crippen LogP contribution in [-0.4, -0.2) is 66.9 Å². The van der Waals surface area contributed by atoms with E-state index in [-0.39, 0.29) is 13.2 Å². The van der Waals surface area contributed by atoms with E-state index in [0.717, 1.165) is 7.11 Å². The second kappa shape index (κ2) is 7.81. The Balaban J connectivity index is 3.03. The molecule has 1 saturated heterocycles. The number of hydrazine groups is 1. The van der Waals surface area contributed by atoms with E-state index in [0.29, 0.717) is 10.0 Å². The van der Waals surface area contributed by atoms with Crippen LogP contribution in [0.4, 0.5) is 9.59 Å². The van der Waals surface area contributed by atoms with Gasteiger partial charge in [-0.05, 0) is 0 Å². The molecule has 9 heteroatoms. The van der Waals surface area contributed by atoms with Gasteiger partial charge in [0.05, 0.1) is 7.11 Å². The summed E-state index contributed by atoms with van der Waals surface area (Å²) in [6.07, 6.45) is 0.545. The van der Waals surface area contributed by atoms with Crippen LogP contribution in [0.1, 0.15) is 0 Å². The maximum atomic E-state index is 12.0. The third kappa shape index (κ3) is 3.62. The Morgan fingerprint density at radius 1 is 1.18 bits per heavy atom. The summed E-state index contributed by atoms with van der Waals surface area (Å²) in [5.74, 6) is -1.68. The summed E-state index contributed by atoms with van der Waals surface area (Å²) in [5, 5.41) is 1.25. The zero-order chi connectivity index (χ0) is 16.7. The number of carbonyl (C=O) groups excluding carboxylic acids is 4. The lowest BCUT2D eigenvalue weighted by molar-refractivity contribution is -0.150. The van der Waals surface area contributed by atoms with E-state index in [2.05, 4.69) is 17.9 Å². The van der Waals surface area contributed by atoms with Crippen molar-refractivity contribution in [1.82, 2.24) is 10.0 Å². The molecule has 0 aromatic carbocycles. The maximum absolute atomic E-state index is 12.0. The number of ketones is 1. The maximum Gasteiger partial charge on any atom is 0.430 e. The molecule has 22 heavy (non-hydrogen) atoms. The monoisotopic (exact) mass is 312 g/mol. The van der Waals surface area contributed by atoms with Crippen LogP contribution < -0.4 is 0 Å². The molecule has 1 fully saturated rings. The molecular weight excluding hydrogens is 296 g/mol. The fraction of sp³-hybridized carbons (Fsp3) is 0.385. The van der Waals surface area contributed by atoms with Crippen molar-refractivity contribution in [3.8, 4) is 0 Å². The number of ether oxygens (including phenoxy) is 3. The standard InChI is InChI=1S/C13H16N2O7/c1-4-6-21-12(18)14-8-9(16)10(11(17)20-3)15(14)13(19)22-7-5-2/h4-5,10H,1-2,6-8H2,3H3.